The molecule has 176 valence electrons. The van der Waals surface area contributed by atoms with Crippen molar-refractivity contribution >= 4 is 11.9 Å². The molecule has 34 heavy (non-hydrogen) atoms. The number of carbonyl (C=O) groups is 1. The van der Waals surface area contributed by atoms with Gasteiger partial charge in [-0.2, -0.15) is 4.98 Å². The van der Waals surface area contributed by atoms with Crippen molar-refractivity contribution < 1.29 is 14.3 Å². The van der Waals surface area contributed by atoms with Gasteiger partial charge in [0, 0.05) is 37.7 Å². The average molecular weight is 459 g/mol. The summed E-state index contributed by atoms with van der Waals surface area (Å²) in [5, 5.41) is 0. The molecule has 5 rings (SSSR count). The summed E-state index contributed by atoms with van der Waals surface area (Å²) in [5.74, 6) is 3.31. The van der Waals surface area contributed by atoms with Crippen LogP contribution in [0, 0.1) is 5.92 Å². The summed E-state index contributed by atoms with van der Waals surface area (Å²) in [4.78, 5) is 27.0. The van der Waals surface area contributed by atoms with E-state index in [0.29, 0.717) is 48.4 Å². The zero-order valence-electron chi connectivity index (χ0n) is 19.7. The lowest BCUT2D eigenvalue weighted by molar-refractivity contribution is 0.0732. The summed E-state index contributed by atoms with van der Waals surface area (Å²) in [7, 11) is 1.63. The van der Waals surface area contributed by atoms with Gasteiger partial charge in [0.1, 0.15) is 11.5 Å². The van der Waals surface area contributed by atoms with E-state index in [2.05, 4.69) is 11.8 Å². The highest BCUT2D eigenvalue weighted by Gasteiger charge is 2.29. The maximum atomic E-state index is 13.1. The van der Waals surface area contributed by atoms with Gasteiger partial charge in [0.15, 0.2) is 0 Å². The monoisotopic (exact) mass is 458 g/mol. The Hall–Kier alpha value is -3.61. The van der Waals surface area contributed by atoms with Crippen molar-refractivity contribution in [3.05, 3.63) is 71.4 Å². The number of aromatic nitrogens is 2. The number of methoxy groups -OCH3 is 1. The Morgan fingerprint density at radius 3 is 2.50 bits per heavy atom. The van der Waals surface area contributed by atoms with Crippen molar-refractivity contribution in [3.63, 3.8) is 0 Å². The van der Waals surface area contributed by atoms with Crippen molar-refractivity contribution in [1.82, 2.24) is 14.9 Å². The van der Waals surface area contributed by atoms with Crippen LogP contribution in [0.15, 0.2) is 54.6 Å². The summed E-state index contributed by atoms with van der Waals surface area (Å²) in [6, 6.07) is 16.9. The molecule has 2 aliphatic heterocycles. The van der Waals surface area contributed by atoms with E-state index in [1.165, 1.54) is 0 Å². The van der Waals surface area contributed by atoms with E-state index in [1.807, 2.05) is 59.5 Å². The molecule has 3 heterocycles. The molecule has 1 aromatic heterocycles. The molecule has 3 aromatic rings. The maximum absolute atomic E-state index is 13.1. The van der Waals surface area contributed by atoms with E-state index in [1.54, 1.807) is 7.11 Å². The molecule has 1 fully saturated rings. The van der Waals surface area contributed by atoms with Crippen LogP contribution in [-0.4, -0.2) is 47.5 Å². The molecule has 0 radical (unpaired) electrons. The summed E-state index contributed by atoms with van der Waals surface area (Å²) in [6.07, 6.45) is 2.93. The number of carbonyl (C=O) groups excluding carboxylic acids is 1. The minimum absolute atomic E-state index is 0.00711. The van der Waals surface area contributed by atoms with E-state index >= 15 is 0 Å². The first-order valence-corrected chi connectivity index (χ1v) is 11.9. The maximum Gasteiger partial charge on any atom is 0.254 e. The Labute approximate surface area is 200 Å². The van der Waals surface area contributed by atoms with Crippen molar-refractivity contribution in [2.24, 2.45) is 5.92 Å². The fourth-order valence-electron chi connectivity index (χ4n) is 4.52. The zero-order valence-corrected chi connectivity index (χ0v) is 19.7. The first-order valence-electron chi connectivity index (χ1n) is 11.9. The molecule has 0 aliphatic carbocycles. The number of hydrogen-bond donors (Lipinski definition) is 0. The SMILES string of the molecule is COc1cccc(Oc2nc(N3CCC(C)CC3)nc3c2CN(C(=O)c2ccccc2)CC3)c1. The molecular formula is C27H30N4O3. The smallest absolute Gasteiger partial charge is 0.254 e. The highest BCUT2D eigenvalue weighted by atomic mass is 16.5. The van der Waals surface area contributed by atoms with Crippen LogP contribution in [0.25, 0.3) is 0 Å². The van der Waals surface area contributed by atoms with Crippen molar-refractivity contribution in [1.29, 1.82) is 0 Å². The Balaban J connectivity index is 1.48. The molecule has 0 saturated carbocycles. The fraction of sp³-hybridized carbons (Fsp3) is 0.370. The van der Waals surface area contributed by atoms with Gasteiger partial charge in [-0.3, -0.25) is 4.79 Å². The predicted octanol–water partition coefficient (Wildman–Crippen LogP) is 4.71. The number of benzene rings is 2. The largest absolute Gasteiger partial charge is 0.497 e. The summed E-state index contributed by atoms with van der Waals surface area (Å²) in [5.41, 5.74) is 2.51. The van der Waals surface area contributed by atoms with Gasteiger partial charge in [-0.05, 0) is 43.0 Å². The summed E-state index contributed by atoms with van der Waals surface area (Å²) < 4.78 is 11.7. The van der Waals surface area contributed by atoms with Crippen LogP contribution in [-0.2, 0) is 13.0 Å². The van der Waals surface area contributed by atoms with Crippen LogP contribution in [0.5, 0.6) is 17.4 Å². The molecule has 1 amide bonds. The Morgan fingerprint density at radius 1 is 0.971 bits per heavy atom. The summed E-state index contributed by atoms with van der Waals surface area (Å²) >= 11 is 0. The zero-order chi connectivity index (χ0) is 23.5. The fourth-order valence-corrected chi connectivity index (χ4v) is 4.52. The van der Waals surface area contributed by atoms with Crippen LogP contribution >= 0.6 is 0 Å². The quantitative estimate of drug-likeness (QED) is 0.552. The van der Waals surface area contributed by atoms with E-state index < -0.39 is 0 Å². The Kier molecular flexibility index (Phi) is 6.34. The minimum atomic E-state index is 0.00711. The molecule has 0 atom stereocenters. The number of hydrogen-bond acceptors (Lipinski definition) is 6. The van der Waals surface area contributed by atoms with Gasteiger partial charge in [-0.1, -0.05) is 31.2 Å². The van der Waals surface area contributed by atoms with Crippen LogP contribution in [0.1, 0.15) is 41.4 Å². The molecule has 0 N–H and O–H groups in total. The Morgan fingerprint density at radius 2 is 1.74 bits per heavy atom. The number of rotatable bonds is 5. The van der Waals surface area contributed by atoms with Crippen molar-refractivity contribution in [2.75, 3.05) is 31.6 Å². The van der Waals surface area contributed by atoms with E-state index in [-0.39, 0.29) is 5.91 Å². The number of nitrogens with zero attached hydrogens (tertiary/aromatic N) is 4. The molecule has 2 aliphatic rings. The number of amides is 1. The number of ether oxygens (including phenoxy) is 2. The third-order valence-electron chi connectivity index (χ3n) is 6.64. The third-order valence-corrected chi connectivity index (χ3v) is 6.64. The van der Waals surface area contributed by atoms with Gasteiger partial charge in [0.25, 0.3) is 5.91 Å². The van der Waals surface area contributed by atoms with E-state index in [9.17, 15) is 4.79 Å². The van der Waals surface area contributed by atoms with E-state index in [0.717, 1.165) is 43.1 Å². The lowest BCUT2D eigenvalue weighted by Crippen LogP contribution is -2.38. The normalized spacial score (nSPS) is 16.2. The number of piperidine rings is 1. The van der Waals surface area contributed by atoms with Crippen LogP contribution in [0.3, 0.4) is 0 Å². The highest BCUT2D eigenvalue weighted by molar-refractivity contribution is 5.94. The van der Waals surface area contributed by atoms with Crippen LogP contribution < -0.4 is 14.4 Å². The predicted molar refractivity (Wildman–Crippen MR) is 131 cm³/mol. The molecule has 0 spiro atoms. The van der Waals surface area contributed by atoms with Gasteiger partial charge in [0.05, 0.1) is 24.9 Å². The lowest BCUT2D eigenvalue weighted by atomic mass is 9.99. The highest BCUT2D eigenvalue weighted by Crippen LogP contribution is 2.33. The minimum Gasteiger partial charge on any atom is -0.497 e. The second-order valence-electron chi connectivity index (χ2n) is 9.05. The molecule has 0 bridgehead atoms. The lowest BCUT2D eigenvalue weighted by Gasteiger charge is -2.33. The second-order valence-corrected chi connectivity index (χ2v) is 9.05. The van der Waals surface area contributed by atoms with Gasteiger partial charge < -0.3 is 19.3 Å². The standard InChI is InChI=1S/C27H30N4O3/c1-19-11-14-30(15-12-19)27-28-24-13-16-31(26(32)20-7-4-3-5-8-20)18-23(24)25(29-27)34-22-10-6-9-21(17-22)33-2/h3-10,17,19H,11-16,18H2,1-2H3. The van der Waals surface area contributed by atoms with Gasteiger partial charge in [-0.15, -0.1) is 0 Å². The molecule has 2 aromatic carbocycles. The third kappa shape index (κ3) is 4.69. The van der Waals surface area contributed by atoms with Crippen molar-refractivity contribution in [2.45, 2.75) is 32.7 Å². The van der Waals surface area contributed by atoms with Crippen LogP contribution in [0.2, 0.25) is 0 Å². The molecule has 7 nitrogen and oxygen atoms in total. The van der Waals surface area contributed by atoms with Gasteiger partial charge in [-0.25, -0.2) is 4.98 Å². The topological polar surface area (TPSA) is 67.8 Å². The molecule has 7 heteroatoms. The summed E-state index contributed by atoms with van der Waals surface area (Å²) in [6.45, 7) is 5.21. The second kappa shape index (κ2) is 9.71. The molecular weight excluding hydrogens is 428 g/mol. The average Bonchev–Trinajstić information content (AvgIpc) is 2.89. The van der Waals surface area contributed by atoms with Crippen molar-refractivity contribution in [3.8, 4) is 17.4 Å². The molecule has 0 unspecified atom stereocenters. The molecule has 1 saturated heterocycles. The number of anilines is 1. The first kappa shape index (κ1) is 22.2. The first-order chi connectivity index (χ1) is 16.6. The number of fused-ring (bicyclic) bond motifs is 1. The van der Waals surface area contributed by atoms with Crippen LogP contribution in [0.4, 0.5) is 5.95 Å². The van der Waals surface area contributed by atoms with Gasteiger partial charge in [0.2, 0.25) is 11.8 Å². The Bertz CT molecular complexity index is 1160. The van der Waals surface area contributed by atoms with E-state index in [4.69, 9.17) is 19.4 Å². The van der Waals surface area contributed by atoms with Gasteiger partial charge >= 0.3 is 0 Å².